The fourth-order valence-electron chi connectivity index (χ4n) is 4.46. The minimum Gasteiger partial charge on any atom is -0.405 e. The highest BCUT2D eigenvalue weighted by Crippen LogP contribution is 2.31. The van der Waals surface area contributed by atoms with Gasteiger partial charge < -0.3 is 21.7 Å². The molecular weight excluding hydrogens is 568 g/mol. The third-order valence-electron chi connectivity index (χ3n) is 6.86. The quantitative estimate of drug-likeness (QED) is 0.0445. The smallest absolute Gasteiger partial charge is 0.405 e. The lowest BCUT2D eigenvalue weighted by Gasteiger charge is -2.22. The fourth-order valence-corrected chi connectivity index (χ4v) is 4.46. The number of hydrogen-bond donors (Lipinski definition) is 3. The maximum absolute atomic E-state index is 13.5. The predicted molar refractivity (Wildman–Crippen MR) is 164 cm³/mol. The van der Waals surface area contributed by atoms with Crippen molar-refractivity contribution in [3.63, 3.8) is 0 Å². The van der Waals surface area contributed by atoms with Crippen molar-refractivity contribution < 1.29 is 26.3 Å². The molecule has 0 aliphatic rings. The maximum atomic E-state index is 13.5. The molecule has 0 saturated carbocycles. The van der Waals surface area contributed by atoms with Gasteiger partial charge in [0.15, 0.2) is 0 Å². The van der Waals surface area contributed by atoms with Crippen LogP contribution in [0, 0.1) is 0 Å². The van der Waals surface area contributed by atoms with Gasteiger partial charge in [-0.15, -0.1) is 0 Å². The van der Waals surface area contributed by atoms with Crippen LogP contribution < -0.4 is 16.8 Å². The van der Waals surface area contributed by atoms with Crippen LogP contribution in [0.2, 0.25) is 0 Å². The highest BCUT2D eigenvalue weighted by molar-refractivity contribution is 6.11. The number of hydrogen-bond acceptors (Lipinski definition) is 4. The van der Waals surface area contributed by atoms with Gasteiger partial charge in [0.25, 0.3) is 0 Å². The minimum absolute atomic E-state index is 0.189. The normalized spacial score (nSPS) is 13.3. The Labute approximate surface area is 250 Å². The van der Waals surface area contributed by atoms with Gasteiger partial charge >= 0.3 is 12.4 Å². The molecular formula is C32H43F6N5. The van der Waals surface area contributed by atoms with Crippen molar-refractivity contribution in [2.75, 3.05) is 37.2 Å². The molecule has 2 aromatic carbocycles. The molecule has 0 amide bonds. The summed E-state index contributed by atoms with van der Waals surface area (Å²) in [5, 5.41) is 3.08. The Bertz CT molecular complexity index is 1190. The number of alkyl halides is 6. The van der Waals surface area contributed by atoms with Crippen LogP contribution in [-0.4, -0.2) is 43.1 Å². The Balaban J connectivity index is 2.36. The number of nitrogens with two attached hydrogens (primary N) is 2. The van der Waals surface area contributed by atoms with Crippen molar-refractivity contribution in [2.45, 2.75) is 71.1 Å². The number of aliphatic imine (C=N–C) groups is 1. The van der Waals surface area contributed by atoms with Gasteiger partial charge in [0.1, 0.15) is 5.84 Å². The molecule has 0 radical (unpaired) electrons. The summed E-state index contributed by atoms with van der Waals surface area (Å²) in [6, 6.07) is 9.10. The Morgan fingerprint density at radius 3 is 2.02 bits per heavy atom. The van der Waals surface area contributed by atoms with Gasteiger partial charge in [-0.3, -0.25) is 4.99 Å². The molecule has 0 bridgehead atoms. The van der Waals surface area contributed by atoms with Crippen LogP contribution >= 0.6 is 0 Å². The first-order chi connectivity index (χ1) is 20.4. The fraction of sp³-hybridized carbons (Fsp3) is 0.469. The number of nitrogen functional groups attached to an aromatic ring is 1. The van der Waals surface area contributed by atoms with E-state index in [2.05, 4.69) is 24.1 Å². The lowest BCUT2D eigenvalue weighted by molar-refractivity contribution is -0.137. The molecule has 0 fully saturated rings. The van der Waals surface area contributed by atoms with Crippen LogP contribution in [0.5, 0.6) is 0 Å². The Morgan fingerprint density at radius 1 is 0.884 bits per heavy atom. The lowest BCUT2D eigenvalue weighted by atomic mass is 10.0. The second-order valence-electron chi connectivity index (χ2n) is 10.4. The van der Waals surface area contributed by atoms with Gasteiger partial charge in [-0.05, 0) is 80.2 Å². The van der Waals surface area contributed by atoms with Crippen molar-refractivity contribution in [1.82, 2.24) is 4.90 Å². The number of nitrogens with one attached hydrogen (secondary N) is 1. The zero-order chi connectivity index (χ0) is 31.9. The molecule has 11 heteroatoms. The summed E-state index contributed by atoms with van der Waals surface area (Å²) in [5.41, 5.74) is 11.3. The van der Waals surface area contributed by atoms with E-state index in [1.165, 1.54) is 24.3 Å². The minimum atomic E-state index is -4.55. The summed E-state index contributed by atoms with van der Waals surface area (Å²) < 4.78 is 79.8. The lowest BCUT2D eigenvalue weighted by Crippen LogP contribution is -2.29. The van der Waals surface area contributed by atoms with E-state index in [1.807, 2.05) is 0 Å². The van der Waals surface area contributed by atoms with E-state index in [0.717, 1.165) is 82.1 Å². The van der Waals surface area contributed by atoms with Gasteiger partial charge in [-0.1, -0.05) is 51.7 Å². The highest BCUT2D eigenvalue weighted by Gasteiger charge is 2.33. The Morgan fingerprint density at radius 2 is 1.51 bits per heavy atom. The van der Waals surface area contributed by atoms with Crippen molar-refractivity contribution >= 4 is 17.2 Å². The zero-order valence-corrected chi connectivity index (χ0v) is 24.9. The number of allylic oxidation sites excluding steroid dienone is 3. The van der Waals surface area contributed by atoms with E-state index in [-0.39, 0.29) is 5.69 Å². The van der Waals surface area contributed by atoms with E-state index in [0.29, 0.717) is 35.7 Å². The average molecular weight is 612 g/mol. The van der Waals surface area contributed by atoms with Crippen LogP contribution in [0.25, 0.3) is 0 Å². The van der Waals surface area contributed by atoms with Crippen molar-refractivity contribution in [2.24, 2.45) is 10.7 Å². The summed E-state index contributed by atoms with van der Waals surface area (Å²) in [6.45, 7) is 7.27. The molecule has 0 saturated heterocycles. The second kappa shape index (κ2) is 17.6. The van der Waals surface area contributed by atoms with E-state index < -0.39 is 29.9 Å². The summed E-state index contributed by atoms with van der Waals surface area (Å²) in [5.74, 6) is 0.323. The number of anilines is 2. The maximum Gasteiger partial charge on any atom is 0.416 e. The van der Waals surface area contributed by atoms with Gasteiger partial charge in [-0.25, -0.2) is 0 Å². The van der Waals surface area contributed by atoms with E-state index in [4.69, 9.17) is 16.5 Å². The molecule has 0 aliphatic carbocycles. The van der Waals surface area contributed by atoms with Crippen molar-refractivity contribution in [1.29, 1.82) is 0 Å². The molecule has 0 aliphatic heterocycles. The zero-order valence-electron chi connectivity index (χ0n) is 24.9. The van der Waals surface area contributed by atoms with Crippen LogP contribution in [0.15, 0.2) is 71.4 Å². The van der Waals surface area contributed by atoms with Gasteiger partial charge in [0.2, 0.25) is 0 Å². The third-order valence-corrected chi connectivity index (χ3v) is 6.86. The molecule has 5 nitrogen and oxygen atoms in total. The first-order valence-electron chi connectivity index (χ1n) is 14.6. The molecule has 0 heterocycles. The van der Waals surface area contributed by atoms with E-state index in [1.54, 1.807) is 6.07 Å². The first-order valence-corrected chi connectivity index (χ1v) is 14.6. The predicted octanol–water partition coefficient (Wildman–Crippen LogP) is 8.33. The number of rotatable bonds is 16. The monoisotopic (exact) mass is 611 g/mol. The standard InChI is InChI=1S/C32H43F6N5/c1-3-5-7-19-43(20-8-6-4-2)21-18-41-30(42-27-14-12-25(13-15-27)31(33,34)35)28-16-11-24(23-29(28)40)22-26(10-9-17-39)32(36,37)38/h9-17,23H,3-8,18-22,39-40H2,1-2H3,(H,41,42)/b17-9-,26-10+. The topological polar surface area (TPSA) is 79.7 Å². The molecule has 0 spiro atoms. The summed E-state index contributed by atoms with van der Waals surface area (Å²) in [6.07, 6.45) is 0.249. The van der Waals surface area contributed by atoms with Crippen LogP contribution in [0.3, 0.4) is 0 Å². The number of amidine groups is 1. The van der Waals surface area contributed by atoms with Crippen LogP contribution in [-0.2, 0) is 12.6 Å². The largest absolute Gasteiger partial charge is 0.416 e. The summed E-state index contributed by atoms with van der Waals surface area (Å²) in [4.78, 5) is 7.09. The van der Waals surface area contributed by atoms with Crippen LogP contribution in [0.1, 0.15) is 69.1 Å². The molecule has 0 unspecified atom stereocenters. The van der Waals surface area contributed by atoms with Crippen molar-refractivity contribution in [3.8, 4) is 0 Å². The number of nitrogens with zero attached hydrogens (tertiary/aromatic N) is 2. The number of unbranched alkanes of at least 4 members (excludes halogenated alkanes) is 4. The molecule has 0 aromatic heterocycles. The second-order valence-corrected chi connectivity index (χ2v) is 10.4. The molecule has 43 heavy (non-hydrogen) atoms. The molecule has 0 atom stereocenters. The first kappa shape index (κ1) is 35.7. The summed E-state index contributed by atoms with van der Waals surface area (Å²) >= 11 is 0. The number of halogens is 6. The highest BCUT2D eigenvalue weighted by atomic mass is 19.4. The Kier molecular flexibility index (Phi) is 14.6. The van der Waals surface area contributed by atoms with Gasteiger partial charge in [-0.2, -0.15) is 26.3 Å². The van der Waals surface area contributed by atoms with Gasteiger partial charge in [0, 0.05) is 35.5 Å². The average Bonchev–Trinajstić information content (AvgIpc) is 2.94. The molecule has 2 aromatic rings. The third kappa shape index (κ3) is 12.7. The number of benzene rings is 2. The van der Waals surface area contributed by atoms with E-state index in [9.17, 15) is 26.3 Å². The Hall–Kier alpha value is -3.47. The van der Waals surface area contributed by atoms with Crippen molar-refractivity contribution in [3.05, 3.63) is 83.1 Å². The van der Waals surface area contributed by atoms with Gasteiger partial charge in [0.05, 0.1) is 12.1 Å². The molecule has 5 N–H and O–H groups in total. The molecule has 2 rings (SSSR count). The van der Waals surface area contributed by atoms with Crippen LogP contribution in [0.4, 0.5) is 37.7 Å². The summed E-state index contributed by atoms with van der Waals surface area (Å²) in [7, 11) is 0. The van der Waals surface area contributed by atoms with E-state index >= 15 is 0 Å². The SMILES string of the molecule is CCCCCN(CCCCC)CCN=C(Nc1ccc(C(F)(F)F)cc1)c1ccc(C/C(=C\C=C/N)C(F)(F)F)cc1N. The molecule has 238 valence electrons.